The highest BCUT2D eigenvalue weighted by Gasteiger charge is 1.96. The lowest BCUT2D eigenvalue weighted by molar-refractivity contribution is 0.415. The van der Waals surface area contributed by atoms with Crippen LogP contribution in [0.4, 0.5) is 0 Å². The van der Waals surface area contributed by atoms with Crippen molar-refractivity contribution in [1.29, 1.82) is 0 Å². The molecule has 2 heteroatoms. The fourth-order valence-corrected chi connectivity index (χ4v) is 1.23. The van der Waals surface area contributed by atoms with Crippen LogP contribution in [-0.4, -0.2) is 7.11 Å². The van der Waals surface area contributed by atoms with E-state index in [1.54, 1.807) is 7.11 Å². The van der Waals surface area contributed by atoms with Gasteiger partial charge in [-0.05, 0) is 42.8 Å². The SMILES string of the molecule is C/C=C/C=C(/Cl)c1ccc(OC)cc1. The van der Waals surface area contributed by atoms with E-state index < -0.39 is 0 Å². The molecule has 0 aromatic heterocycles. The third-order valence-corrected chi connectivity index (χ3v) is 2.15. The van der Waals surface area contributed by atoms with Gasteiger partial charge in [0.15, 0.2) is 0 Å². The maximum atomic E-state index is 6.05. The normalized spacial score (nSPS) is 12.1. The molecule has 0 aliphatic rings. The molecule has 0 atom stereocenters. The van der Waals surface area contributed by atoms with Gasteiger partial charge < -0.3 is 4.74 Å². The fourth-order valence-electron chi connectivity index (χ4n) is 1.03. The van der Waals surface area contributed by atoms with E-state index in [0.717, 1.165) is 16.3 Å². The summed E-state index contributed by atoms with van der Waals surface area (Å²) < 4.78 is 5.05. The Morgan fingerprint density at radius 2 is 1.93 bits per heavy atom. The van der Waals surface area contributed by atoms with Gasteiger partial charge in [-0.15, -0.1) is 0 Å². The molecular weight excluding hydrogens is 196 g/mol. The van der Waals surface area contributed by atoms with E-state index in [0.29, 0.717) is 0 Å². The van der Waals surface area contributed by atoms with Crippen molar-refractivity contribution in [3.8, 4) is 5.75 Å². The molecule has 1 nitrogen and oxygen atoms in total. The molecule has 0 N–H and O–H groups in total. The van der Waals surface area contributed by atoms with Crippen LogP contribution in [0.3, 0.4) is 0 Å². The van der Waals surface area contributed by atoms with E-state index in [1.165, 1.54) is 0 Å². The molecule has 0 radical (unpaired) electrons. The number of halogens is 1. The third kappa shape index (κ3) is 2.93. The molecule has 74 valence electrons. The van der Waals surface area contributed by atoms with Crippen LogP contribution in [0.25, 0.3) is 5.03 Å². The lowest BCUT2D eigenvalue weighted by atomic mass is 10.2. The molecule has 0 fully saturated rings. The number of hydrogen-bond donors (Lipinski definition) is 0. The molecule has 0 bridgehead atoms. The monoisotopic (exact) mass is 208 g/mol. The van der Waals surface area contributed by atoms with Gasteiger partial charge in [-0.1, -0.05) is 23.8 Å². The highest BCUT2D eigenvalue weighted by molar-refractivity contribution is 6.48. The predicted molar refractivity (Wildman–Crippen MR) is 61.6 cm³/mol. The molecule has 0 aliphatic carbocycles. The Morgan fingerprint density at radius 1 is 1.29 bits per heavy atom. The number of rotatable bonds is 3. The minimum Gasteiger partial charge on any atom is -0.497 e. The van der Waals surface area contributed by atoms with Gasteiger partial charge in [-0.2, -0.15) is 0 Å². The standard InChI is InChI=1S/C12H13ClO/c1-3-4-5-12(13)10-6-8-11(14-2)9-7-10/h3-9H,1-2H3/b4-3+,12-5+. The third-order valence-electron chi connectivity index (χ3n) is 1.80. The molecule has 1 aromatic rings. The maximum Gasteiger partial charge on any atom is 0.118 e. The molecule has 0 heterocycles. The van der Waals surface area contributed by atoms with Crippen molar-refractivity contribution >= 4 is 16.6 Å². The summed E-state index contributed by atoms with van der Waals surface area (Å²) in [6.07, 6.45) is 5.71. The smallest absolute Gasteiger partial charge is 0.118 e. The zero-order valence-corrected chi connectivity index (χ0v) is 9.08. The Bertz CT molecular complexity index is 336. The average Bonchev–Trinajstić information content (AvgIpc) is 2.26. The Kier molecular flexibility index (Phi) is 4.27. The molecule has 0 saturated heterocycles. The molecule has 1 rings (SSSR count). The Morgan fingerprint density at radius 3 is 2.43 bits per heavy atom. The number of benzene rings is 1. The largest absolute Gasteiger partial charge is 0.497 e. The van der Waals surface area contributed by atoms with Crippen molar-refractivity contribution in [3.05, 3.63) is 48.1 Å². The van der Waals surface area contributed by atoms with Gasteiger partial charge >= 0.3 is 0 Å². The van der Waals surface area contributed by atoms with Crippen molar-refractivity contribution in [3.63, 3.8) is 0 Å². The molecule has 0 spiro atoms. The lowest BCUT2D eigenvalue weighted by Gasteiger charge is -2.01. The Hall–Kier alpha value is -1.21. The first-order valence-corrected chi connectivity index (χ1v) is 4.78. The van der Waals surface area contributed by atoms with E-state index in [2.05, 4.69) is 0 Å². The molecule has 0 aliphatic heterocycles. The van der Waals surface area contributed by atoms with Gasteiger partial charge in [0.05, 0.1) is 7.11 Å². The van der Waals surface area contributed by atoms with Crippen molar-refractivity contribution in [2.75, 3.05) is 7.11 Å². The highest BCUT2D eigenvalue weighted by atomic mass is 35.5. The van der Waals surface area contributed by atoms with Crippen molar-refractivity contribution in [2.45, 2.75) is 6.92 Å². The van der Waals surface area contributed by atoms with Gasteiger partial charge in [-0.3, -0.25) is 0 Å². The second kappa shape index (κ2) is 5.51. The van der Waals surface area contributed by atoms with Crippen LogP contribution >= 0.6 is 11.6 Å². The van der Waals surface area contributed by atoms with Crippen molar-refractivity contribution < 1.29 is 4.74 Å². The zero-order valence-electron chi connectivity index (χ0n) is 8.33. The summed E-state index contributed by atoms with van der Waals surface area (Å²) in [5, 5.41) is 0.728. The minimum absolute atomic E-state index is 0.728. The topological polar surface area (TPSA) is 9.23 Å². The van der Waals surface area contributed by atoms with Gasteiger partial charge in [0.25, 0.3) is 0 Å². The Labute approximate surface area is 89.7 Å². The quantitative estimate of drug-likeness (QED) is 0.686. The van der Waals surface area contributed by atoms with Crippen LogP contribution in [0.5, 0.6) is 5.75 Å². The first-order valence-electron chi connectivity index (χ1n) is 4.41. The summed E-state index contributed by atoms with van der Waals surface area (Å²) in [5.41, 5.74) is 0.991. The van der Waals surface area contributed by atoms with Gasteiger partial charge in [-0.25, -0.2) is 0 Å². The maximum absolute atomic E-state index is 6.05. The van der Waals surface area contributed by atoms with Crippen LogP contribution in [-0.2, 0) is 0 Å². The zero-order chi connectivity index (χ0) is 10.4. The summed E-state index contributed by atoms with van der Waals surface area (Å²) in [6.45, 7) is 1.95. The van der Waals surface area contributed by atoms with Gasteiger partial charge in [0.2, 0.25) is 0 Å². The molecule has 14 heavy (non-hydrogen) atoms. The number of methoxy groups -OCH3 is 1. The van der Waals surface area contributed by atoms with Crippen LogP contribution in [0.1, 0.15) is 12.5 Å². The first-order chi connectivity index (χ1) is 6.77. The van der Waals surface area contributed by atoms with E-state index in [9.17, 15) is 0 Å². The molecular formula is C12H13ClO. The lowest BCUT2D eigenvalue weighted by Crippen LogP contribution is -1.82. The van der Waals surface area contributed by atoms with Crippen LogP contribution < -0.4 is 4.74 Å². The number of ether oxygens (including phenoxy) is 1. The van der Waals surface area contributed by atoms with E-state index in [4.69, 9.17) is 16.3 Å². The van der Waals surface area contributed by atoms with Crippen molar-refractivity contribution in [1.82, 2.24) is 0 Å². The van der Waals surface area contributed by atoms with Crippen LogP contribution in [0, 0.1) is 0 Å². The number of allylic oxidation sites excluding steroid dienone is 3. The summed E-state index contributed by atoms with van der Waals surface area (Å²) in [5.74, 6) is 0.837. The molecule has 0 saturated carbocycles. The molecule has 1 aromatic carbocycles. The van der Waals surface area contributed by atoms with Gasteiger partial charge in [0, 0.05) is 5.03 Å². The molecule has 0 unspecified atom stereocenters. The summed E-state index contributed by atoms with van der Waals surface area (Å²) in [4.78, 5) is 0. The second-order valence-corrected chi connectivity index (χ2v) is 3.18. The molecule has 0 amide bonds. The number of hydrogen-bond acceptors (Lipinski definition) is 1. The van der Waals surface area contributed by atoms with E-state index in [-0.39, 0.29) is 0 Å². The summed E-state index contributed by atoms with van der Waals surface area (Å²) in [6, 6.07) is 7.64. The van der Waals surface area contributed by atoms with Crippen LogP contribution in [0.15, 0.2) is 42.5 Å². The Balaban J connectivity index is 2.86. The summed E-state index contributed by atoms with van der Waals surface area (Å²) in [7, 11) is 1.65. The van der Waals surface area contributed by atoms with Crippen LogP contribution in [0.2, 0.25) is 0 Å². The second-order valence-electron chi connectivity index (χ2n) is 2.77. The predicted octanol–water partition coefficient (Wildman–Crippen LogP) is 3.85. The average molecular weight is 209 g/mol. The van der Waals surface area contributed by atoms with Gasteiger partial charge in [0.1, 0.15) is 5.75 Å². The summed E-state index contributed by atoms with van der Waals surface area (Å²) >= 11 is 6.05. The first kappa shape index (κ1) is 10.9. The highest BCUT2D eigenvalue weighted by Crippen LogP contribution is 2.21. The fraction of sp³-hybridized carbons (Fsp3) is 0.167. The van der Waals surface area contributed by atoms with Crippen molar-refractivity contribution in [2.24, 2.45) is 0 Å². The van der Waals surface area contributed by atoms with E-state index in [1.807, 2.05) is 49.4 Å². The van der Waals surface area contributed by atoms with E-state index >= 15 is 0 Å². The minimum atomic E-state index is 0.728.